The van der Waals surface area contributed by atoms with E-state index in [-0.39, 0.29) is 11.0 Å². The Balaban J connectivity index is 1.13. The fourth-order valence-corrected chi connectivity index (χ4v) is 11.3. The van der Waals surface area contributed by atoms with Crippen molar-refractivity contribution in [3.63, 3.8) is 0 Å². The Kier molecular flexibility index (Phi) is 16.2. The summed E-state index contributed by atoms with van der Waals surface area (Å²) < 4.78 is 97.5. The van der Waals surface area contributed by atoms with Crippen molar-refractivity contribution in [2.45, 2.75) is 79.6 Å². The smallest absolute Gasteiger partial charge is 0.380 e. The molecule has 4 aromatic rings. The molecule has 0 saturated carbocycles. The van der Waals surface area contributed by atoms with Crippen LogP contribution in [0.1, 0.15) is 69.3 Å². The number of nitrogens with zero attached hydrogens (tertiary/aromatic N) is 3. The Bertz CT molecular complexity index is 2480. The molecule has 1 amide bonds. The van der Waals surface area contributed by atoms with Gasteiger partial charge in [-0.05, 0) is 122 Å². The molecule has 64 heavy (non-hydrogen) atoms. The van der Waals surface area contributed by atoms with Crippen molar-refractivity contribution >= 4 is 66.1 Å². The second kappa shape index (κ2) is 21.1. The van der Waals surface area contributed by atoms with Crippen molar-refractivity contribution in [1.29, 1.82) is 0 Å². The van der Waals surface area contributed by atoms with Crippen LogP contribution in [0.3, 0.4) is 0 Å². The van der Waals surface area contributed by atoms with Crippen LogP contribution < -0.4 is 14.9 Å². The van der Waals surface area contributed by atoms with Gasteiger partial charge in [0.15, 0.2) is 0 Å². The molecule has 6 rings (SSSR count). The first-order valence-electron chi connectivity index (χ1n) is 21.5. The highest BCUT2D eigenvalue weighted by atomic mass is 35.5. The average molecular weight is 961 g/mol. The van der Waals surface area contributed by atoms with E-state index < -0.39 is 52.8 Å². The number of sulfone groups is 1. The lowest BCUT2D eigenvalue weighted by Gasteiger charge is -2.39. The fraction of sp³-hybridized carbons (Fsp3) is 0.426. The van der Waals surface area contributed by atoms with Crippen molar-refractivity contribution in [1.82, 2.24) is 14.5 Å². The number of carbonyl (C=O) groups excluding carboxylic acids is 1. The van der Waals surface area contributed by atoms with Gasteiger partial charge in [0.1, 0.15) is 4.90 Å². The van der Waals surface area contributed by atoms with Crippen LogP contribution in [0.4, 0.5) is 24.5 Å². The zero-order valence-corrected chi connectivity index (χ0v) is 39.8. The maximum atomic E-state index is 14.1. The summed E-state index contributed by atoms with van der Waals surface area (Å²) in [6.45, 7) is 14.7. The van der Waals surface area contributed by atoms with Crippen LogP contribution in [0, 0.1) is 5.41 Å². The number of hydrogen-bond donors (Lipinski definition) is 2. The van der Waals surface area contributed by atoms with E-state index >= 15 is 0 Å². The lowest BCUT2D eigenvalue weighted by molar-refractivity contribution is -0.0435. The van der Waals surface area contributed by atoms with Crippen LogP contribution in [0.15, 0.2) is 117 Å². The Hall–Kier alpha value is -4.06. The van der Waals surface area contributed by atoms with Gasteiger partial charge in [0.25, 0.3) is 25.8 Å². The van der Waals surface area contributed by atoms with Crippen LogP contribution in [0.25, 0.3) is 5.57 Å². The van der Waals surface area contributed by atoms with Crippen LogP contribution in [0.5, 0.6) is 0 Å². The van der Waals surface area contributed by atoms with Crippen LogP contribution in [-0.2, 0) is 19.9 Å². The summed E-state index contributed by atoms with van der Waals surface area (Å²) in [4.78, 5) is 19.0. The first-order valence-corrected chi connectivity index (χ1v) is 25.8. The summed E-state index contributed by atoms with van der Waals surface area (Å²) in [5.41, 5.74) is -0.991. The number of hydrogen-bond acceptors (Lipinski definition) is 10. The standard InChI is InChI=1S/C47H57ClF3N5O5S3/c1-5-54(6-2)25-23-38(33-62-40-10-8-7-9-11-40)52-43-21-20-41(30-44(43)63(58,59)47(49,50)51)64(60,61)53-45(57)35-14-18-39(19-15-35)56-28-26-55(27-29-56)32-36-31-46(3,4)24-22-42(36)34-12-16-37(48)17-13-34/h7-21,30,38,52H,5-6,22-29,31-33H2,1-4H3,(H,53,57)/t38-/m1/s1. The summed E-state index contributed by atoms with van der Waals surface area (Å²) >= 11 is 7.64. The third kappa shape index (κ3) is 12.6. The monoisotopic (exact) mass is 959 g/mol. The molecule has 2 aliphatic rings. The largest absolute Gasteiger partial charge is 0.501 e. The zero-order valence-electron chi connectivity index (χ0n) is 36.6. The number of benzene rings is 4. The predicted octanol–water partition coefficient (Wildman–Crippen LogP) is 9.84. The highest BCUT2D eigenvalue weighted by molar-refractivity contribution is 7.99. The van der Waals surface area contributed by atoms with E-state index in [9.17, 15) is 34.8 Å². The quantitative estimate of drug-likeness (QED) is 0.0934. The maximum Gasteiger partial charge on any atom is 0.501 e. The first-order chi connectivity index (χ1) is 30.3. The molecule has 4 aromatic carbocycles. The molecule has 1 aliphatic heterocycles. The van der Waals surface area contributed by atoms with E-state index in [4.69, 9.17) is 11.6 Å². The number of anilines is 2. The highest BCUT2D eigenvalue weighted by Gasteiger charge is 2.48. The average Bonchev–Trinajstić information content (AvgIpc) is 3.26. The lowest BCUT2D eigenvalue weighted by atomic mass is 9.73. The van der Waals surface area contributed by atoms with Gasteiger partial charge >= 0.3 is 5.51 Å². The molecule has 1 saturated heterocycles. The van der Waals surface area contributed by atoms with Gasteiger partial charge in [-0.1, -0.05) is 75.2 Å². The van der Waals surface area contributed by atoms with E-state index in [2.05, 4.69) is 46.0 Å². The molecule has 1 fully saturated rings. The zero-order chi connectivity index (χ0) is 46.3. The topological polar surface area (TPSA) is 119 Å². The lowest BCUT2D eigenvalue weighted by Crippen LogP contribution is -2.47. The van der Waals surface area contributed by atoms with E-state index in [1.165, 1.54) is 40.6 Å². The second-order valence-corrected chi connectivity index (χ2v) is 22.2. The third-order valence-electron chi connectivity index (χ3n) is 12.0. The number of amides is 1. The van der Waals surface area contributed by atoms with E-state index in [1.807, 2.05) is 61.0 Å². The number of allylic oxidation sites excluding steroid dienone is 1. The summed E-state index contributed by atoms with van der Waals surface area (Å²) in [7, 11) is -10.9. The van der Waals surface area contributed by atoms with Gasteiger partial charge in [-0.3, -0.25) is 9.69 Å². The molecular weight excluding hydrogens is 903 g/mol. The predicted molar refractivity (Wildman–Crippen MR) is 252 cm³/mol. The number of thioether (sulfide) groups is 1. The molecular formula is C47H57ClF3N5O5S3. The highest BCUT2D eigenvalue weighted by Crippen LogP contribution is 2.43. The number of carbonyl (C=O) groups is 1. The minimum atomic E-state index is -6.04. The van der Waals surface area contributed by atoms with Crippen LogP contribution in [-0.4, -0.2) is 102 Å². The van der Waals surface area contributed by atoms with Gasteiger partial charge in [0.05, 0.1) is 10.6 Å². The molecule has 0 spiro atoms. The summed E-state index contributed by atoms with van der Waals surface area (Å²) in [5, 5.41) is 3.70. The number of halogens is 4. The fourth-order valence-electron chi connectivity index (χ4n) is 8.21. The number of piperazine rings is 1. The van der Waals surface area contributed by atoms with Gasteiger partial charge in [0.2, 0.25) is 0 Å². The SMILES string of the molecule is CCN(CC)CC[C@H](CSc1ccccc1)Nc1ccc(S(=O)(=O)NC(=O)c2ccc(N3CCN(CC4=C(c5ccc(Cl)cc5)CCC(C)(C)C4)CC3)cc2)cc1S(=O)(=O)C(F)(F)F. The Labute approximate surface area is 385 Å². The minimum Gasteiger partial charge on any atom is -0.380 e. The molecule has 10 nitrogen and oxygen atoms in total. The summed E-state index contributed by atoms with van der Waals surface area (Å²) in [5.74, 6) is -0.640. The van der Waals surface area contributed by atoms with Gasteiger partial charge < -0.3 is 15.1 Å². The number of alkyl halides is 3. The van der Waals surface area contributed by atoms with Crippen LogP contribution in [0.2, 0.25) is 5.02 Å². The second-order valence-electron chi connectivity index (χ2n) is 17.1. The van der Waals surface area contributed by atoms with Gasteiger partial charge in [-0.2, -0.15) is 13.2 Å². The molecule has 2 N–H and O–H groups in total. The first kappa shape index (κ1) is 49.4. The molecule has 0 unspecified atom stereocenters. The van der Waals surface area contributed by atoms with Gasteiger partial charge in [-0.15, -0.1) is 11.8 Å². The van der Waals surface area contributed by atoms with Crippen LogP contribution >= 0.6 is 23.4 Å². The Morgan fingerprint density at radius 2 is 1.55 bits per heavy atom. The molecule has 0 aromatic heterocycles. The van der Waals surface area contributed by atoms with Gasteiger partial charge in [0, 0.05) is 72.2 Å². The van der Waals surface area contributed by atoms with E-state index in [1.54, 1.807) is 12.1 Å². The minimum absolute atomic E-state index is 0.000855. The number of nitrogens with one attached hydrogen (secondary N) is 2. The molecule has 0 bridgehead atoms. The van der Waals surface area contributed by atoms with Crippen molar-refractivity contribution in [2.75, 3.05) is 68.3 Å². The summed E-state index contributed by atoms with van der Waals surface area (Å²) in [6.07, 6.45) is 3.62. The molecule has 1 atom stereocenters. The summed E-state index contributed by atoms with van der Waals surface area (Å²) in [6, 6.07) is 25.8. The molecule has 1 heterocycles. The third-order valence-corrected chi connectivity index (χ3v) is 16.3. The van der Waals surface area contributed by atoms with Gasteiger partial charge in [-0.25, -0.2) is 21.6 Å². The van der Waals surface area contributed by atoms with Crippen molar-refractivity contribution in [3.8, 4) is 0 Å². The molecule has 1 aliphatic carbocycles. The van der Waals surface area contributed by atoms with Crippen molar-refractivity contribution in [2.24, 2.45) is 5.41 Å². The Morgan fingerprint density at radius 3 is 2.17 bits per heavy atom. The molecule has 346 valence electrons. The molecule has 0 radical (unpaired) electrons. The number of rotatable bonds is 18. The van der Waals surface area contributed by atoms with E-state index in [0.29, 0.717) is 29.8 Å². The van der Waals surface area contributed by atoms with Crippen molar-refractivity contribution in [3.05, 3.63) is 119 Å². The molecule has 17 heteroatoms. The van der Waals surface area contributed by atoms with Crippen molar-refractivity contribution < 1.29 is 34.8 Å². The Morgan fingerprint density at radius 1 is 0.891 bits per heavy atom. The maximum absolute atomic E-state index is 14.1. The normalized spacial score (nSPS) is 16.8. The van der Waals surface area contributed by atoms with E-state index in [0.717, 1.165) is 87.8 Å². The number of sulfonamides is 1.